The highest BCUT2D eigenvalue weighted by Crippen LogP contribution is 2.15. The van der Waals surface area contributed by atoms with Crippen LogP contribution in [-0.2, 0) is 28.6 Å². The summed E-state index contributed by atoms with van der Waals surface area (Å²) in [6, 6.07) is -0.721. The van der Waals surface area contributed by atoms with Gasteiger partial charge < -0.3 is 28.6 Å². The first-order valence-corrected chi connectivity index (χ1v) is 22.7. The Morgan fingerprint density at radius 1 is 0.537 bits per heavy atom. The molecule has 0 bridgehead atoms. The zero-order valence-corrected chi connectivity index (χ0v) is 36.2. The lowest BCUT2D eigenvalue weighted by Gasteiger charge is -2.34. The number of allylic oxidation sites excluding steroid dienone is 2. The third-order valence-electron chi connectivity index (χ3n) is 10.4. The molecule has 0 N–H and O–H groups in total. The van der Waals surface area contributed by atoms with E-state index in [0.29, 0.717) is 12.8 Å². The quantitative estimate of drug-likeness (QED) is 0.0264. The third-order valence-corrected chi connectivity index (χ3v) is 10.4. The van der Waals surface area contributed by atoms with E-state index in [2.05, 4.69) is 26.0 Å². The molecule has 0 amide bonds. The van der Waals surface area contributed by atoms with E-state index < -0.39 is 18.1 Å². The summed E-state index contributed by atoms with van der Waals surface area (Å²) < 4.78 is 17.1. The summed E-state index contributed by atoms with van der Waals surface area (Å²) in [4.78, 5) is 36.6. The van der Waals surface area contributed by atoms with E-state index in [1.54, 1.807) is 21.1 Å². The fourth-order valence-electron chi connectivity index (χ4n) is 6.83. The Morgan fingerprint density at radius 2 is 0.926 bits per heavy atom. The molecule has 8 nitrogen and oxygen atoms in total. The Morgan fingerprint density at radius 3 is 1.33 bits per heavy atom. The maximum absolute atomic E-state index is 12.7. The second-order valence-electron chi connectivity index (χ2n) is 16.6. The van der Waals surface area contributed by atoms with Crippen molar-refractivity contribution in [3.8, 4) is 0 Å². The number of carboxylic acid groups (broad SMARTS) is 1. The van der Waals surface area contributed by atoms with Crippen molar-refractivity contribution in [1.82, 2.24) is 0 Å². The number of esters is 2. The molecule has 2 atom stereocenters. The topological polar surface area (TPSA) is 102 Å². The molecule has 2 unspecified atom stereocenters. The molecule has 0 rings (SSSR count). The van der Waals surface area contributed by atoms with Crippen LogP contribution in [0.5, 0.6) is 0 Å². The molecule has 0 aliphatic heterocycles. The monoisotopic (exact) mass is 766 g/mol. The Hall–Kier alpha value is -1.93. The molecular weight excluding hydrogens is 679 g/mol. The minimum atomic E-state index is -1.12. The molecule has 0 saturated carbocycles. The number of rotatable bonds is 41. The lowest BCUT2D eigenvalue weighted by molar-refractivity contribution is -0.889. The third kappa shape index (κ3) is 35.8. The number of ether oxygens (including phenoxy) is 3. The van der Waals surface area contributed by atoms with Crippen LogP contribution >= 0.6 is 0 Å². The number of likely N-dealkylation sites (N-methyl/N-ethyl adjacent to an activating group) is 1. The zero-order valence-electron chi connectivity index (χ0n) is 36.2. The molecular formula is C46H87NO7. The Bertz CT molecular complexity index is 900. The number of unbranched alkanes of at least 4 members (excludes halogenated alkanes) is 25. The van der Waals surface area contributed by atoms with Gasteiger partial charge in [-0.2, -0.15) is 0 Å². The highest BCUT2D eigenvalue weighted by atomic mass is 16.6. The summed E-state index contributed by atoms with van der Waals surface area (Å²) >= 11 is 0. The first-order chi connectivity index (χ1) is 26.1. The van der Waals surface area contributed by atoms with Gasteiger partial charge in [0.05, 0.1) is 40.3 Å². The molecule has 0 aromatic heterocycles. The highest BCUT2D eigenvalue weighted by Gasteiger charge is 2.25. The molecule has 0 heterocycles. The smallest absolute Gasteiger partial charge is 0.306 e. The van der Waals surface area contributed by atoms with Gasteiger partial charge in [-0.1, -0.05) is 167 Å². The number of hydrogen-bond donors (Lipinski definition) is 0. The molecule has 0 aromatic carbocycles. The number of hydrogen-bond acceptors (Lipinski definition) is 7. The largest absolute Gasteiger partial charge is 0.544 e. The van der Waals surface area contributed by atoms with Gasteiger partial charge in [0.2, 0.25) is 0 Å². The van der Waals surface area contributed by atoms with Crippen LogP contribution in [0, 0.1) is 0 Å². The molecule has 0 spiro atoms. The van der Waals surface area contributed by atoms with Gasteiger partial charge in [-0.05, 0) is 38.5 Å². The van der Waals surface area contributed by atoms with Crippen LogP contribution in [-0.4, -0.2) is 75.5 Å². The van der Waals surface area contributed by atoms with Crippen molar-refractivity contribution in [2.45, 2.75) is 225 Å². The molecule has 8 heteroatoms. The van der Waals surface area contributed by atoms with Crippen LogP contribution in [0.3, 0.4) is 0 Å². The summed E-state index contributed by atoms with van der Waals surface area (Å²) in [7, 11) is 5.40. The van der Waals surface area contributed by atoms with Gasteiger partial charge in [0.1, 0.15) is 12.6 Å². The number of nitrogens with zero attached hydrogens (tertiary/aromatic N) is 1. The van der Waals surface area contributed by atoms with Crippen molar-refractivity contribution in [3.05, 3.63) is 12.2 Å². The number of carbonyl (C=O) groups excluding carboxylic acids is 3. The van der Waals surface area contributed by atoms with Gasteiger partial charge in [-0.25, -0.2) is 0 Å². The molecule has 0 aliphatic rings. The van der Waals surface area contributed by atoms with Gasteiger partial charge in [0, 0.05) is 19.3 Å². The van der Waals surface area contributed by atoms with Gasteiger partial charge in [-0.15, -0.1) is 0 Å². The number of aliphatic carboxylic acids is 1. The van der Waals surface area contributed by atoms with E-state index in [9.17, 15) is 19.5 Å². The summed E-state index contributed by atoms with van der Waals surface area (Å²) in [5, 5.41) is 11.6. The van der Waals surface area contributed by atoms with Crippen molar-refractivity contribution >= 4 is 17.9 Å². The summed E-state index contributed by atoms with van der Waals surface area (Å²) in [5.74, 6) is -1.74. The Balaban J connectivity index is 4.12. The predicted molar refractivity (Wildman–Crippen MR) is 222 cm³/mol. The second kappa shape index (κ2) is 38.0. The zero-order chi connectivity index (χ0) is 40.0. The lowest BCUT2D eigenvalue weighted by Crippen LogP contribution is -2.55. The molecule has 0 aromatic rings. The van der Waals surface area contributed by atoms with Gasteiger partial charge in [0.25, 0.3) is 0 Å². The van der Waals surface area contributed by atoms with Gasteiger partial charge >= 0.3 is 11.9 Å². The molecule has 0 aliphatic carbocycles. The van der Waals surface area contributed by atoms with E-state index in [1.807, 2.05) is 0 Å². The van der Waals surface area contributed by atoms with Crippen LogP contribution in [0.15, 0.2) is 12.2 Å². The summed E-state index contributed by atoms with van der Waals surface area (Å²) in [6.07, 6.45) is 39.8. The fourth-order valence-corrected chi connectivity index (χ4v) is 6.83. The van der Waals surface area contributed by atoms with Crippen molar-refractivity contribution in [2.24, 2.45) is 0 Å². The minimum Gasteiger partial charge on any atom is -0.544 e. The first kappa shape index (κ1) is 52.1. The molecule has 0 saturated heterocycles. The molecule has 54 heavy (non-hydrogen) atoms. The Labute approximate surface area is 333 Å². The van der Waals surface area contributed by atoms with Crippen LogP contribution in [0.4, 0.5) is 0 Å². The predicted octanol–water partition coefficient (Wildman–Crippen LogP) is 11.0. The van der Waals surface area contributed by atoms with Crippen LogP contribution in [0.1, 0.15) is 213 Å². The first-order valence-electron chi connectivity index (χ1n) is 22.7. The molecule has 0 radical (unpaired) electrons. The average molecular weight is 766 g/mol. The van der Waals surface area contributed by atoms with Crippen molar-refractivity contribution < 1.29 is 38.2 Å². The van der Waals surface area contributed by atoms with E-state index >= 15 is 0 Å². The second-order valence-corrected chi connectivity index (χ2v) is 16.6. The number of carboxylic acids is 1. The van der Waals surface area contributed by atoms with Crippen molar-refractivity contribution in [2.75, 3.05) is 41.0 Å². The van der Waals surface area contributed by atoms with E-state index in [4.69, 9.17) is 14.2 Å². The number of carbonyl (C=O) groups is 3. The maximum Gasteiger partial charge on any atom is 0.306 e. The van der Waals surface area contributed by atoms with E-state index in [0.717, 1.165) is 38.5 Å². The van der Waals surface area contributed by atoms with Gasteiger partial charge in [0.15, 0.2) is 6.10 Å². The normalized spacial score (nSPS) is 13.0. The highest BCUT2D eigenvalue weighted by molar-refractivity contribution is 5.70. The average Bonchev–Trinajstić information content (AvgIpc) is 3.12. The molecule has 0 fully saturated rings. The van der Waals surface area contributed by atoms with Crippen LogP contribution in [0.25, 0.3) is 0 Å². The maximum atomic E-state index is 12.7. The van der Waals surface area contributed by atoms with Crippen LogP contribution in [0.2, 0.25) is 0 Å². The van der Waals surface area contributed by atoms with Gasteiger partial charge in [-0.3, -0.25) is 9.59 Å². The standard InChI is InChI=1S/C46H87NO7/c1-6-8-10-12-14-15-16-17-18-19-20-21-22-23-24-25-26-27-28-29-31-33-35-37-45(49)54-42(40-52-39-38-43(46(50)51)47(3,4)5)41-53-44(48)36-34-32-30-13-11-9-7-2/h23-24,42-43H,6-22,25-41H2,1-5H3/b24-23+. The minimum absolute atomic E-state index is 0.0436. The number of quaternary nitrogens is 1. The lowest BCUT2D eigenvalue weighted by atomic mass is 10.0. The van der Waals surface area contributed by atoms with Crippen molar-refractivity contribution in [1.29, 1.82) is 0 Å². The summed E-state index contributed by atoms with van der Waals surface area (Å²) in [6.45, 7) is 4.63. The van der Waals surface area contributed by atoms with Crippen LogP contribution < -0.4 is 5.11 Å². The SMILES string of the molecule is CCCCCCCCCCCCCC/C=C/CCCCCCCCCC(=O)OC(COCCC(C(=O)[O-])[N+](C)(C)C)COC(=O)CCCCCCCCC. The Kier molecular flexibility index (Phi) is 36.6. The molecule has 318 valence electrons. The fraction of sp³-hybridized carbons (Fsp3) is 0.891. The van der Waals surface area contributed by atoms with E-state index in [-0.39, 0.29) is 42.7 Å². The van der Waals surface area contributed by atoms with Crippen molar-refractivity contribution in [3.63, 3.8) is 0 Å². The van der Waals surface area contributed by atoms with E-state index in [1.165, 1.54) is 141 Å². The summed E-state index contributed by atoms with van der Waals surface area (Å²) in [5.41, 5.74) is 0.